The smallest absolute Gasteiger partial charge is 0.251 e. The van der Waals surface area contributed by atoms with Gasteiger partial charge in [-0.05, 0) is 24.3 Å². The number of aliphatic hydroxyl groups excluding tert-OH is 1. The molecule has 0 bridgehead atoms. The first-order chi connectivity index (χ1) is 9.74. The fourth-order valence-corrected chi connectivity index (χ4v) is 1.91. The highest BCUT2D eigenvalue weighted by Gasteiger charge is 2.17. The number of hydrogen-bond acceptors (Lipinski definition) is 5. The van der Waals surface area contributed by atoms with Crippen molar-refractivity contribution >= 4 is 5.91 Å². The third kappa shape index (κ3) is 2.46. The standard InChI is InChI=1S/C14H13NO5/c16-11(10-3-4-18-7-10)6-15-14(17)9-1-2-12-13(5-9)20-8-19-12/h1-5,7,11,16H,6,8H2,(H,15,17)/t11-/m0/s1. The van der Waals surface area contributed by atoms with E-state index in [1.165, 1.54) is 12.5 Å². The van der Waals surface area contributed by atoms with Crippen LogP contribution in [0, 0.1) is 0 Å². The summed E-state index contributed by atoms with van der Waals surface area (Å²) in [6, 6.07) is 6.59. The molecule has 1 aromatic heterocycles. The highest BCUT2D eigenvalue weighted by atomic mass is 16.7. The van der Waals surface area contributed by atoms with Crippen molar-refractivity contribution in [1.29, 1.82) is 0 Å². The molecule has 0 radical (unpaired) electrons. The quantitative estimate of drug-likeness (QED) is 0.883. The molecule has 6 nitrogen and oxygen atoms in total. The van der Waals surface area contributed by atoms with Crippen molar-refractivity contribution in [2.24, 2.45) is 0 Å². The number of carbonyl (C=O) groups excluding carboxylic acids is 1. The van der Waals surface area contributed by atoms with Crippen molar-refractivity contribution < 1.29 is 23.8 Å². The largest absolute Gasteiger partial charge is 0.472 e. The molecule has 0 saturated heterocycles. The lowest BCUT2D eigenvalue weighted by Gasteiger charge is -2.10. The number of nitrogens with one attached hydrogen (secondary N) is 1. The molecular weight excluding hydrogens is 262 g/mol. The van der Waals surface area contributed by atoms with Gasteiger partial charge < -0.3 is 24.3 Å². The molecule has 2 N–H and O–H groups in total. The van der Waals surface area contributed by atoms with Crippen molar-refractivity contribution in [1.82, 2.24) is 5.32 Å². The van der Waals surface area contributed by atoms with Crippen LogP contribution in [0.1, 0.15) is 22.0 Å². The van der Waals surface area contributed by atoms with Crippen LogP contribution in [0.5, 0.6) is 11.5 Å². The maximum Gasteiger partial charge on any atom is 0.251 e. The van der Waals surface area contributed by atoms with Gasteiger partial charge in [0, 0.05) is 17.7 Å². The molecule has 104 valence electrons. The Morgan fingerprint density at radius 3 is 2.95 bits per heavy atom. The first-order valence-electron chi connectivity index (χ1n) is 6.12. The lowest BCUT2D eigenvalue weighted by Crippen LogP contribution is -2.28. The summed E-state index contributed by atoms with van der Waals surface area (Å²) in [7, 11) is 0. The molecule has 0 unspecified atom stereocenters. The van der Waals surface area contributed by atoms with Crippen molar-refractivity contribution in [3.05, 3.63) is 47.9 Å². The van der Waals surface area contributed by atoms with Crippen molar-refractivity contribution in [2.45, 2.75) is 6.10 Å². The summed E-state index contributed by atoms with van der Waals surface area (Å²) in [5, 5.41) is 12.5. The van der Waals surface area contributed by atoms with E-state index in [0.717, 1.165) is 0 Å². The van der Waals surface area contributed by atoms with E-state index in [9.17, 15) is 9.90 Å². The second kappa shape index (κ2) is 5.26. The Bertz CT molecular complexity index is 608. The molecular formula is C14H13NO5. The Balaban J connectivity index is 1.62. The minimum atomic E-state index is -0.799. The molecule has 6 heteroatoms. The van der Waals surface area contributed by atoms with Gasteiger partial charge in [0.15, 0.2) is 11.5 Å². The van der Waals surface area contributed by atoms with Crippen LogP contribution >= 0.6 is 0 Å². The lowest BCUT2D eigenvalue weighted by atomic mass is 10.1. The summed E-state index contributed by atoms with van der Waals surface area (Å²) in [6.07, 6.45) is 2.11. The number of furan rings is 1. The van der Waals surface area contributed by atoms with Gasteiger partial charge >= 0.3 is 0 Å². The third-order valence-electron chi connectivity index (χ3n) is 3.02. The summed E-state index contributed by atoms with van der Waals surface area (Å²) in [6.45, 7) is 0.270. The topological polar surface area (TPSA) is 80.9 Å². The Morgan fingerprint density at radius 1 is 1.30 bits per heavy atom. The van der Waals surface area contributed by atoms with Crippen molar-refractivity contribution in [3.63, 3.8) is 0 Å². The molecule has 1 atom stereocenters. The van der Waals surface area contributed by atoms with Gasteiger partial charge in [0.1, 0.15) is 0 Å². The molecule has 0 spiro atoms. The average molecular weight is 275 g/mol. The Hall–Kier alpha value is -2.47. The highest BCUT2D eigenvalue weighted by Crippen LogP contribution is 2.32. The molecule has 1 aliphatic heterocycles. The van der Waals surface area contributed by atoms with E-state index in [1.807, 2.05) is 0 Å². The molecule has 2 aromatic rings. The molecule has 1 aromatic carbocycles. The van der Waals surface area contributed by atoms with Crippen LogP contribution in [0.4, 0.5) is 0 Å². The first kappa shape index (κ1) is 12.6. The summed E-state index contributed by atoms with van der Waals surface area (Å²) >= 11 is 0. The minimum Gasteiger partial charge on any atom is -0.472 e. The summed E-state index contributed by atoms with van der Waals surface area (Å²) in [5.74, 6) is 0.888. The zero-order valence-electron chi connectivity index (χ0n) is 10.5. The summed E-state index contributed by atoms with van der Waals surface area (Å²) in [4.78, 5) is 12.0. The molecule has 20 heavy (non-hydrogen) atoms. The number of fused-ring (bicyclic) bond motifs is 1. The lowest BCUT2D eigenvalue weighted by molar-refractivity contribution is 0.0915. The normalized spacial score (nSPS) is 14.1. The number of hydrogen-bond donors (Lipinski definition) is 2. The number of ether oxygens (including phenoxy) is 2. The average Bonchev–Trinajstić information content (AvgIpc) is 3.13. The zero-order valence-corrected chi connectivity index (χ0v) is 10.5. The zero-order chi connectivity index (χ0) is 13.9. The van der Waals surface area contributed by atoms with E-state index in [2.05, 4.69) is 5.32 Å². The Kier molecular flexibility index (Phi) is 3.30. The molecule has 0 fully saturated rings. The van der Waals surface area contributed by atoms with Crippen LogP contribution in [0.3, 0.4) is 0 Å². The fourth-order valence-electron chi connectivity index (χ4n) is 1.91. The highest BCUT2D eigenvalue weighted by molar-refractivity contribution is 5.94. The van der Waals surface area contributed by atoms with Crippen molar-refractivity contribution in [2.75, 3.05) is 13.3 Å². The Labute approximate surface area is 114 Å². The van der Waals surface area contributed by atoms with Gasteiger partial charge in [0.25, 0.3) is 5.91 Å². The fraction of sp³-hybridized carbons (Fsp3) is 0.214. The SMILES string of the molecule is O=C(NC[C@H](O)c1ccoc1)c1ccc2c(c1)OCO2. The summed E-state index contributed by atoms with van der Waals surface area (Å²) < 4.78 is 15.3. The molecule has 0 saturated carbocycles. The molecule has 1 amide bonds. The van der Waals surface area contributed by atoms with Crippen LogP contribution < -0.4 is 14.8 Å². The summed E-state index contributed by atoms with van der Waals surface area (Å²) in [5.41, 5.74) is 1.07. The van der Waals surface area contributed by atoms with Gasteiger partial charge in [-0.3, -0.25) is 4.79 Å². The monoisotopic (exact) mass is 275 g/mol. The van der Waals surface area contributed by atoms with Gasteiger partial charge in [0.2, 0.25) is 6.79 Å². The predicted molar refractivity (Wildman–Crippen MR) is 68.6 cm³/mol. The predicted octanol–water partition coefficient (Wildman–Crippen LogP) is 1.47. The van der Waals surface area contributed by atoms with E-state index in [4.69, 9.17) is 13.9 Å². The van der Waals surface area contributed by atoms with Gasteiger partial charge in [-0.2, -0.15) is 0 Å². The second-order valence-electron chi connectivity index (χ2n) is 4.35. The van der Waals surface area contributed by atoms with Crippen LogP contribution in [-0.2, 0) is 0 Å². The number of benzene rings is 1. The molecule has 3 rings (SSSR count). The van der Waals surface area contributed by atoms with Gasteiger partial charge in [0.05, 0.1) is 18.6 Å². The first-order valence-corrected chi connectivity index (χ1v) is 6.12. The minimum absolute atomic E-state index is 0.104. The van der Waals surface area contributed by atoms with Gasteiger partial charge in [-0.25, -0.2) is 0 Å². The van der Waals surface area contributed by atoms with E-state index in [-0.39, 0.29) is 19.2 Å². The molecule has 2 heterocycles. The number of rotatable bonds is 4. The third-order valence-corrected chi connectivity index (χ3v) is 3.02. The maximum absolute atomic E-state index is 12.0. The van der Waals surface area contributed by atoms with Crippen LogP contribution in [0.25, 0.3) is 0 Å². The molecule has 1 aliphatic rings. The van der Waals surface area contributed by atoms with E-state index >= 15 is 0 Å². The number of amides is 1. The van der Waals surface area contributed by atoms with Gasteiger partial charge in [-0.15, -0.1) is 0 Å². The number of aliphatic hydroxyl groups is 1. The number of carbonyl (C=O) groups is 1. The Morgan fingerprint density at radius 2 is 2.15 bits per heavy atom. The maximum atomic E-state index is 12.0. The van der Waals surface area contributed by atoms with E-state index in [0.29, 0.717) is 22.6 Å². The van der Waals surface area contributed by atoms with Crippen LogP contribution in [0.15, 0.2) is 41.2 Å². The van der Waals surface area contributed by atoms with Gasteiger partial charge in [-0.1, -0.05) is 0 Å². The van der Waals surface area contributed by atoms with Crippen molar-refractivity contribution in [3.8, 4) is 11.5 Å². The van der Waals surface area contributed by atoms with E-state index in [1.54, 1.807) is 24.3 Å². The van der Waals surface area contributed by atoms with E-state index < -0.39 is 6.10 Å². The van der Waals surface area contributed by atoms with Crippen LogP contribution in [-0.4, -0.2) is 24.4 Å². The van der Waals surface area contributed by atoms with Crippen LogP contribution in [0.2, 0.25) is 0 Å². The second-order valence-corrected chi connectivity index (χ2v) is 4.35. The molecule has 0 aliphatic carbocycles.